The second-order valence-corrected chi connectivity index (χ2v) is 5.96. The molecule has 1 amide bonds. The fourth-order valence-electron chi connectivity index (χ4n) is 2.31. The summed E-state index contributed by atoms with van der Waals surface area (Å²) < 4.78 is 1.07. The first-order valence-corrected chi connectivity index (χ1v) is 7.14. The zero-order chi connectivity index (χ0) is 13.1. The van der Waals surface area contributed by atoms with Crippen LogP contribution in [0.5, 0.6) is 0 Å². The average molecular weight is 311 g/mol. The third-order valence-corrected chi connectivity index (χ3v) is 4.03. The van der Waals surface area contributed by atoms with Crippen molar-refractivity contribution in [2.24, 2.45) is 5.73 Å². The molecule has 0 saturated carbocycles. The van der Waals surface area contributed by atoms with E-state index in [1.807, 2.05) is 17.0 Å². The first-order valence-electron chi connectivity index (χ1n) is 6.35. The van der Waals surface area contributed by atoms with Crippen molar-refractivity contribution >= 4 is 21.8 Å². The van der Waals surface area contributed by atoms with Crippen molar-refractivity contribution in [2.75, 3.05) is 13.1 Å². The highest BCUT2D eigenvalue weighted by Gasteiger charge is 2.24. The first-order chi connectivity index (χ1) is 8.56. The maximum absolute atomic E-state index is 12.1. The lowest BCUT2D eigenvalue weighted by atomic mass is 9.97. The predicted molar refractivity (Wildman–Crippen MR) is 76.3 cm³/mol. The van der Waals surface area contributed by atoms with Crippen LogP contribution in [0.3, 0.4) is 0 Å². The molecule has 1 saturated heterocycles. The minimum atomic E-state index is 0.164. The number of likely N-dealkylation sites (tertiary alicyclic amines) is 1. The van der Waals surface area contributed by atoms with Crippen LogP contribution >= 0.6 is 15.9 Å². The molecule has 0 spiro atoms. The average Bonchev–Trinajstić information content (AvgIpc) is 2.76. The Morgan fingerprint density at radius 2 is 2.17 bits per heavy atom. The first kappa shape index (κ1) is 13.6. The number of benzene rings is 1. The number of hydrogen-bond donors (Lipinski definition) is 1. The normalized spacial score (nSPS) is 21.1. The zero-order valence-corrected chi connectivity index (χ0v) is 12.2. The minimum Gasteiger partial charge on any atom is -0.341 e. The molecular weight excluding hydrogens is 292 g/mol. The van der Waals surface area contributed by atoms with E-state index in [0.717, 1.165) is 17.4 Å². The predicted octanol–water partition coefficient (Wildman–Crippen LogP) is 2.50. The molecule has 0 bridgehead atoms. The van der Waals surface area contributed by atoms with E-state index in [2.05, 4.69) is 35.0 Å². The summed E-state index contributed by atoms with van der Waals surface area (Å²) in [5.41, 5.74) is 7.03. The Labute approximate surface area is 116 Å². The maximum Gasteiger partial charge on any atom is 0.223 e. The second kappa shape index (κ2) is 5.85. The summed E-state index contributed by atoms with van der Waals surface area (Å²) in [4.78, 5) is 14.0. The summed E-state index contributed by atoms with van der Waals surface area (Å²) in [5.74, 6) is 0.473. The molecule has 1 fully saturated rings. The molecule has 2 rings (SSSR count). The molecule has 1 unspecified atom stereocenters. The number of hydrogen-bond acceptors (Lipinski definition) is 2. The van der Waals surface area contributed by atoms with Gasteiger partial charge in [0.1, 0.15) is 0 Å². The lowest BCUT2D eigenvalue weighted by Gasteiger charge is -2.19. The molecule has 1 heterocycles. The van der Waals surface area contributed by atoms with Gasteiger partial charge in [-0.15, -0.1) is 0 Å². The van der Waals surface area contributed by atoms with Gasteiger partial charge in [0.05, 0.1) is 0 Å². The standard InChI is InChI=1S/C14H19BrN2O/c1-10(11-2-4-12(15)5-3-11)8-14(18)17-7-6-13(16)9-17/h2-5,10,13H,6-9,16H2,1H3/t10?,13-/m0/s1. The van der Waals surface area contributed by atoms with Crippen LogP contribution in [0.25, 0.3) is 0 Å². The molecule has 3 nitrogen and oxygen atoms in total. The van der Waals surface area contributed by atoms with Crippen LogP contribution in [-0.2, 0) is 4.79 Å². The van der Waals surface area contributed by atoms with E-state index < -0.39 is 0 Å². The number of carbonyl (C=O) groups is 1. The maximum atomic E-state index is 12.1. The highest BCUT2D eigenvalue weighted by Crippen LogP contribution is 2.23. The number of amides is 1. The van der Waals surface area contributed by atoms with Crippen LogP contribution in [0.2, 0.25) is 0 Å². The molecule has 1 aromatic carbocycles. The molecular formula is C14H19BrN2O. The molecule has 2 N–H and O–H groups in total. The van der Waals surface area contributed by atoms with Gasteiger partial charge in [-0.25, -0.2) is 0 Å². The zero-order valence-electron chi connectivity index (χ0n) is 10.6. The molecule has 0 radical (unpaired) electrons. The molecule has 18 heavy (non-hydrogen) atoms. The largest absolute Gasteiger partial charge is 0.341 e. The lowest BCUT2D eigenvalue weighted by molar-refractivity contribution is -0.130. The third-order valence-electron chi connectivity index (χ3n) is 3.50. The van der Waals surface area contributed by atoms with Gasteiger partial charge < -0.3 is 10.6 Å². The Morgan fingerprint density at radius 1 is 1.50 bits per heavy atom. The van der Waals surface area contributed by atoms with Gasteiger partial charge >= 0.3 is 0 Å². The van der Waals surface area contributed by atoms with Crippen LogP contribution in [0.1, 0.15) is 31.2 Å². The van der Waals surface area contributed by atoms with Crippen molar-refractivity contribution < 1.29 is 4.79 Å². The Kier molecular flexibility index (Phi) is 4.40. The SMILES string of the molecule is CC(CC(=O)N1CC[C@H](N)C1)c1ccc(Br)cc1. The van der Waals surface area contributed by atoms with Crippen LogP contribution in [0.15, 0.2) is 28.7 Å². The quantitative estimate of drug-likeness (QED) is 0.932. The van der Waals surface area contributed by atoms with E-state index in [-0.39, 0.29) is 17.9 Å². The molecule has 1 aliphatic heterocycles. The van der Waals surface area contributed by atoms with Crippen molar-refractivity contribution in [1.82, 2.24) is 4.90 Å². The van der Waals surface area contributed by atoms with Crippen molar-refractivity contribution in [3.63, 3.8) is 0 Å². The summed E-state index contributed by atoms with van der Waals surface area (Å²) in [7, 11) is 0. The number of carbonyl (C=O) groups excluding carboxylic acids is 1. The highest BCUT2D eigenvalue weighted by molar-refractivity contribution is 9.10. The molecule has 0 aliphatic carbocycles. The summed E-state index contributed by atoms with van der Waals surface area (Å²) in [6, 6.07) is 8.33. The fourth-order valence-corrected chi connectivity index (χ4v) is 2.58. The van der Waals surface area contributed by atoms with E-state index in [9.17, 15) is 4.79 Å². The van der Waals surface area contributed by atoms with Gasteiger partial charge in [-0.1, -0.05) is 35.0 Å². The van der Waals surface area contributed by atoms with E-state index in [0.29, 0.717) is 13.0 Å². The van der Waals surface area contributed by atoms with Crippen molar-refractivity contribution in [2.45, 2.75) is 31.7 Å². The molecule has 0 aromatic heterocycles. The molecule has 1 aromatic rings. The molecule has 4 heteroatoms. The van der Waals surface area contributed by atoms with Crippen LogP contribution in [0.4, 0.5) is 0 Å². The number of nitrogens with two attached hydrogens (primary N) is 1. The smallest absolute Gasteiger partial charge is 0.223 e. The Bertz CT molecular complexity index is 418. The lowest BCUT2D eigenvalue weighted by Crippen LogP contribution is -2.32. The summed E-state index contributed by atoms with van der Waals surface area (Å²) in [6.45, 7) is 3.62. The van der Waals surface area contributed by atoms with Crippen LogP contribution < -0.4 is 5.73 Å². The Hall–Kier alpha value is -0.870. The van der Waals surface area contributed by atoms with Crippen molar-refractivity contribution in [3.8, 4) is 0 Å². The van der Waals surface area contributed by atoms with Gasteiger partial charge in [-0.2, -0.15) is 0 Å². The monoisotopic (exact) mass is 310 g/mol. The summed E-state index contributed by atoms with van der Waals surface area (Å²) in [5, 5.41) is 0. The second-order valence-electron chi connectivity index (χ2n) is 5.05. The minimum absolute atomic E-state index is 0.164. The molecule has 2 atom stereocenters. The number of nitrogens with zero attached hydrogens (tertiary/aromatic N) is 1. The van der Waals surface area contributed by atoms with E-state index in [1.165, 1.54) is 5.56 Å². The van der Waals surface area contributed by atoms with Crippen molar-refractivity contribution in [1.29, 1.82) is 0 Å². The van der Waals surface area contributed by atoms with Gasteiger partial charge in [-0.05, 0) is 30.0 Å². The fraction of sp³-hybridized carbons (Fsp3) is 0.500. The van der Waals surface area contributed by atoms with E-state index >= 15 is 0 Å². The van der Waals surface area contributed by atoms with Gasteiger partial charge in [-0.3, -0.25) is 4.79 Å². The van der Waals surface area contributed by atoms with Crippen LogP contribution in [0, 0.1) is 0 Å². The van der Waals surface area contributed by atoms with E-state index in [1.54, 1.807) is 0 Å². The van der Waals surface area contributed by atoms with E-state index in [4.69, 9.17) is 5.73 Å². The summed E-state index contributed by atoms with van der Waals surface area (Å²) >= 11 is 3.42. The highest BCUT2D eigenvalue weighted by atomic mass is 79.9. The third kappa shape index (κ3) is 3.33. The Balaban J connectivity index is 1.92. The molecule has 98 valence electrons. The van der Waals surface area contributed by atoms with Gasteiger partial charge in [0.15, 0.2) is 0 Å². The van der Waals surface area contributed by atoms with Gasteiger partial charge in [0, 0.05) is 30.0 Å². The number of halogens is 1. The number of rotatable bonds is 3. The van der Waals surface area contributed by atoms with Crippen molar-refractivity contribution in [3.05, 3.63) is 34.3 Å². The Morgan fingerprint density at radius 3 is 2.72 bits per heavy atom. The van der Waals surface area contributed by atoms with Crippen LogP contribution in [-0.4, -0.2) is 29.9 Å². The molecule has 1 aliphatic rings. The van der Waals surface area contributed by atoms with Gasteiger partial charge in [0.25, 0.3) is 0 Å². The topological polar surface area (TPSA) is 46.3 Å². The summed E-state index contributed by atoms with van der Waals surface area (Å²) in [6.07, 6.45) is 1.49. The van der Waals surface area contributed by atoms with Gasteiger partial charge in [0.2, 0.25) is 5.91 Å².